The fourth-order valence-corrected chi connectivity index (χ4v) is 8.00. The summed E-state index contributed by atoms with van der Waals surface area (Å²) in [7, 11) is 5.13. The highest BCUT2D eigenvalue weighted by atomic mass is 127. The van der Waals surface area contributed by atoms with Gasteiger partial charge in [0.25, 0.3) is 20.4 Å². The van der Waals surface area contributed by atoms with E-state index in [1.807, 2.05) is 60.7 Å². The highest BCUT2D eigenvalue weighted by Gasteiger charge is 2.45. The van der Waals surface area contributed by atoms with Gasteiger partial charge >= 0.3 is 0 Å². The minimum Gasteiger partial charge on any atom is -0.356 e. The maximum absolute atomic E-state index is 13.0. The molecule has 2 heterocycles. The third kappa shape index (κ3) is 10.2. The molecule has 0 radical (unpaired) electrons. The van der Waals surface area contributed by atoms with Gasteiger partial charge in [0.2, 0.25) is 23.6 Å². The van der Waals surface area contributed by atoms with Gasteiger partial charge in [0.15, 0.2) is 0 Å². The minimum atomic E-state index is -0.408. The standard InChI is InChI=1S/C23H20BIN3O3P.C17H15BIN2O3P/c25-24(32)19-14-21(29)28(23(19)31)20-9-5-4-8-18(20)22(30)27-17-12-10-16(11-13-17)26-15-6-2-1-3-7-15;19-18(25)13-10-15(22)21(17(13)24)14-9-5-4-8-12(14)16(23)20-11-6-2-1-3-7-11/h1-13,19,26H,14,32H2,(H,27,30);1-9,13H,10,25H2,(H,20,23). The molecule has 17 heteroatoms. The number of nitrogens with zero attached hydrogens (tertiary/aromatic N) is 2. The summed E-state index contributed by atoms with van der Waals surface area (Å²) in [5.41, 5.74) is 4.32. The lowest BCUT2D eigenvalue weighted by atomic mass is 9.84. The van der Waals surface area contributed by atoms with Crippen LogP contribution in [0.4, 0.5) is 34.1 Å². The van der Waals surface area contributed by atoms with E-state index < -0.39 is 5.82 Å². The van der Waals surface area contributed by atoms with E-state index in [1.54, 1.807) is 72.8 Å². The number of nitrogens with one attached hydrogen (secondary N) is 3. The van der Waals surface area contributed by atoms with Crippen molar-refractivity contribution in [1.82, 2.24) is 0 Å². The summed E-state index contributed by atoms with van der Waals surface area (Å²) in [5.74, 6) is -2.65. The van der Waals surface area contributed by atoms with E-state index in [-0.39, 0.29) is 68.2 Å². The molecule has 2 fully saturated rings. The maximum Gasteiger partial charge on any atom is 0.257 e. The van der Waals surface area contributed by atoms with Gasteiger partial charge in [-0.05, 0) is 72.8 Å². The van der Waals surface area contributed by atoms with Crippen LogP contribution in [0.25, 0.3) is 0 Å². The first-order chi connectivity index (χ1) is 27.4. The van der Waals surface area contributed by atoms with Crippen molar-refractivity contribution in [3.8, 4) is 0 Å². The summed E-state index contributed by atoms with van der Waals surface area (Å²) >= 11 is 4.24. The highest BCUT2D eigenvalue weighted by Crippen LogP contribution is 2.39. The number of anilines is 6. The Morgan fingerprint density at radius 1 is 0.509 bits per heavy atom. The van der Waals surface area contributed by atoms with E-state index in [1.165, 1.54) is 0 Å². The summed E-state index contributed by atoms with van der Waals surface area (Å²) in [6.45, 7) is 0. The number of carbonyl (C=O) groups is 6. The molecule has 5 aromatic rings. The number of hydrogen-bond donors (Lipinski definition) is 3. The lowest BCUT2D eigenvalue weighted by Gasteiger charge is -2.19. The van der Waals surface area contributed by atoms with Crippen LogP contribution in [-0.2, 0) is 19.2 Å². The monoisotopic (exact) mass is 1020 g/mol. The number of hydrogen-bond acceptors (Lipinski definition) is 7. The molecule has 4 unspecified atom stereocenters. The number of imide groups is 2. The normalized spacial score (nSPS) is 16.1. The summed E-state index contributed by atoms with van der Waals surface area (Å²) < 4.78 is -0.0950. The third-order valence-corrected chi connectivity index (χ3v) is 11.8. The van der Waals surface area contributed by atoms with Crippen molar-refractivity contribution >= 4 is 141 Å². The molecule has 0 spiro atoms. The zero-order valence-electron chi connectivity index (χ0n) is 30.2. The second-order valence-electron chi connectivity index (χ2n) is 13.0. The zero-order chi connectivity index (χ0) is 40.6. The van der Waals surface area contributed by atoms with Crippen molar-refractivity contribution in [3.63, 3.8) is 0 Å². The molecule has 2 aliphatic heterocycles. The van der Waals surface area contributed by atoms with Crippen molar-refractivity contribution in [2.45, 2.75) is 24.5 Å². The van der Waals surface area contributed by atoms with E-state index in [4.69, 9.17) is 0 Å². The van der Waals surface area contributed by atoms with Crippen molar-refractivity contribution in [2.75, 3.05) is 25.8 Å². The Labute approximate surface area is 362 Å². The second-order valence-corrected chi connectivity index (χ2v) is 20.0. The maximum atomic E-state index is 13.0. The van der Waals surface area contributed by atoms with Crippen LogP contribution in [0.3, 0.4) is 0 Å². The topological polar surface area (TPSA) is 145 Å². The van der Waals surface area contributed by atoms with Crippen LogP contribution < -0.4 is 25.8 Å². The number of carbonyl (C=O) groups excluding carboxylic acids is 6. The van der Waals surface area contributed by atoms with Gasteiger partial charge in [0.05, 0.1) is 22.5 Å². The summed E-state index contributed by atoms with van der Waals surface area (Å²) in [4.78, 5) is 78.4. The quantitative estimate of drug-likeness (QED) is 0.0551. The molecule has 6 amide bonds. The molecule has 286 valence electrons. The third-order valence-electron chi connectivity index (χ3n) is 9.15. The molecule has 7 rings (SSSR count). The smallest absolute Gasteiger partial charge is 0.257 e. The number of para-hydroxylation sites is 4. The Morgan fingerprint density at radius 2 is 0.842 bits per heavy atom. The molecular formula is C40H35B2I2N5O6P2. The average Bonchev–Trinajstić information content (AvgIpc) is 3.69. The van der Waals surface area contributed by atoms with Crippen LogP contribution in [0.2, 0.25) is 11.6 Å². The lowest BCUT2D eigenvalue weighted by molar-refractivity contribution is -0.122. The molecule has 2 aliphatic rings. The van der Waals surface area contributed by atoms with Gasteiger partial charge in [-0.25, -0.2) is 0 Å². The zero-order valence-corrected chi connectivity index (χ0v) is 36.8. The molecule has 2 saturated heterocycles. The van der Waals surface area contributed by atoms with Crippen LogP contribution in [0.1, 0.15) is 33.6 Å². The van der Waals surface area contributed by atoms with E-state index in [0.717, 1.165) is 21.2 Å². The molecule has 3 N–H and O–H groups in total. The van der Waals surface area contributed by atoms with Gasteiger partial charge in [-0.2, -0.15) is 18.2 Å². The van der Waals surface area contributed by atoms with E-state index in [0.29, 0.717) is 28.3 Å². The van der Waals surface area contributed by atoms with Crippen molar-refractivity contribution < 1.29 is 28.8 Å². The predicted molar refractivity (Wildman–Crippen MR) is 252 cm³/mol. The van der Waals surface area contributed by atoms with Crippen molar-refractivity contribution in [2.24, 2.45) is 0 Å². The largest absolute Gasteiger partial charge is 0.356 e. The number of benzene rings is 5. The van der Waals surface area contributed by atoms with Gasteiger partial charge in [-0.15, -0.1) is 44.7 Å². The summed E-state index contributed by atoms with van der Waals surface area (Å²) in [6, 6.07) is 39.5. The van der Waals surface area contributed by atoms with Crippen LogP contribution in [0, 0.1) is 0 Å². The number of halogens is 2. The first-order valence-electron chi connectivity index (χ1n) is 17.7. The van der Waals surface area contributed by atoms with Gasteiger partial charge < -0.3 is 16.0 Å². The Balaban J connectivity index is 0.000000199. The molecule has 11 nitrogen and oxygen atoms in total. The number of amides is 6. The molecule has 4 atom stereocenters. The van der Waals surface area contributed by atoms with E-state index in [9.17, 15) is 28.8 Å². The van der Waals surface area contributed by atoms with Crippen LogP contribution >= 0.6 is 63.0 Å². The predicted octanol–water partition coefficient (Wildman–Crippen LogP) is 8.49. The van der Waals surface area contributed by atoms with E-state index >= 15 is 0 Å². The van der Waals surface area contributed by atoms with Crippen molar-refractivity contribution in [1.29, 1.82) is 0 Å². The van der Waals surface area contributed by atoms with Crippen LogP contribution in [0.15, 0.2) is 133 Å². The Hall–Kier alpha value is -4.43. The molecule has 57 heavy (non-hydrogen) atoms. The molecule has 0 aromatic heterocycles. The fraction of sp³-hybridized carbons (Fsp3) is 0.100. The average molecular weight is 1020 g/mol. The molecule has 5 aromatic carbocycles. The summed E-state index contributed by atoms with van der Waals surface area (Å²) in [6.07, 6.45) is 0.298. The van der Waals surface area contributed by atoms with Crippen molar-refractivity contribution in [3.05, 3.63) is 145 Å². The van der Waals surface area contributed by atoms with Gasteiger partial charge in [0, 0.05) is 47.2 Å². The fourth-order valence-electron chi connectivity index (χ4n) is 6.28. The number of rotatable bonds is 10. The van der Waals surface area contributed by atoms with Crippen LogP contribution in [0.5, 0.6) is 0 Å². The SMILES string of the molecule is O=C(Nc1ccc(Nc2ccccc2)cc1)c1ccccc1N1C(=O)CC(B(P)I)C1=O.O=C(Nc1ccccc1)c1ccccc1N1C(=O)CC(B(P)I)C1=O. The van der Waals surface area contributed by atoms with Gasteiger partial charge in [0.1, 0.15) is 0 Å². The Morgan fingerprint density at radius 3 is 1.25 bits per heavy atom. The minimum absolute atomic E-state index is 0.0376. The second kappa shape index (κ2) is 19.3. The van der Waals surface area contributed by atoms with Gasteiger partial charge in [-0.3, -0.25) is 38.6 Å². The first kappa shape index (κ1) is 42.2. The summed E-state index contributed by atoms with van der Waals surface area (Å²) in [5, 5.41) is 8.94. The molecule has 0 saturated carbocycles. The first-order valence-corrected chi connectivity index (χ1v) is 21.6. The van der Waals surface area contributed by atoms with Gasteiger partial charge in [-0.1, -0.05) is 60.7 Å². The Bertz CT molecular complexity index is 2310. The molecule has 0 aliphatic carbocycles. The molecular weight excluding hydrogens is 984 g/mol. The molecule has 0 bridgehead atoms. The highest BCUT2D eigenvalue weighted by molar-refractivity contribution is 14.1. The Kier molecular flexibility index (Phi) is 14.3. The lowest BCUT2D eigenvalue weighted by Crippen LogP contribution is -2.32. The van der Waals surface area contributed by atoms with E-state index in [2.05, 4.69) is 78.9 Å². The van der Waals surface area contributed by atoms with Crippen LogP contribution in [-0.4, -0.2) is 44.0 Å².